The molecule has 82 valence electrons. The van der Waals surface area contributed by atoms with Crippen molar-refractivity contribution in [2.45, 2.75) is 24.7 Å². The number of nitrogens with two attached hydrogens (primary N) is 1. The molecule has 1 aliphatic carbocycles. The summed E-state index contributed by atoms with van der Waals surface area (Å²) in [7, 11) is 0. The van der Waals surface area contributed by atoms with E-state index in [1.807, 2.05) is 0 Å². The molecule has 1 nitrogen and oxygen atoms in total. The van der Waals surface area contributed by atoms with Crippen LogP contribution in [0.4, 0.5) is 13.2 Å². The van der Waals surface area contributed by atoms with Gasteiger partial charge in [0.05, 0.1) is 0 Å². The smallest absolute Gasteiger partial charge is 0.194 e. The second kappa shape index (κ2) is 3.52. The summed E-state index contributed by atoms with van der Waals surface area (Å²) >= 11 is 0. The molecule has 0 aliphatic heterocycles. The fourth-order valence-corrected chi connectivity index (χ4v) is 2.08. The monoisotopic (exact) mass is 215 g/mol. The molecule has 0 radical (unpaired) electrons. The van der Waals surface area contributed by atoms with Crippen molar-refractivity contribution in [2.24, 2.45) is 5.73 Å². The molecular weight excluding hydrogens is 203 g/mol. The Labute approximate surface area is 86.1 Å². The number of halogens is 3. The van der Waals surface area contributed by atoms with Gasteiger partial charge in [0, 0.05) is 12.0 Å². The lowest BCUT2D eigenvalue weighted by molar-refractivity contribution is 0.250. The molecule has 0 saturated heterocycles. The molecule has 1 aliphatic rings. The van der Waals surface area contributed by atoms with Gasteiger partial charge in [-0.3, -0.25) is 0 Å². The maximum absolute atomic E-state index is 13.0. The standard InChI is InChI=1S/C11H12F3N/c12-8-4-7(5-9(13)10(8)14)11(6-15)2-1-3-11/h4-5H,1-3,6,15H2. The number of rotatable bonds is 2. The van der Waals surface area contributed by atoms with Crippen LogP contribution in [0.2, 0.25) is 0 Å². The maximum Gasteiger partial charge on any atom is 0.194 e. The van der Waals surface area contributed by atoms with Crippen LogP contribution in [-0.2, 0) is 5.41 Å². The van der Waals surface area contributed by atoms with E-state index in [-0.39, 0.29) is 5.41 Å². The van der Waals surface area contributed by atoms with Crippen molar-refractivity contribution in [1.82, 2.24) is 0 Å². The minimum absolute atomic E-state index is 0.338. The van der Waals surface area contributed by atoms with Crippen LogP contribution in [0, 0.1) is 17.5 Å². The van der Waals surface area contributed by atoms with Gasteiger partial charge in [0.1, 0.15) is 0 Å². The number of benzene rings is 1. The van der Waals surface area contributed by atoms with Gasteiger partial charge < -0.3 is 5.73 Å². The van der Waals surface area contributed by atoms with Gasteiger partial charge in [-0.15, -0.1) is 0 Å². The van der Waals surface area contributed by atoms with Crippen molar-refractivity contribution in [3.63, 3.8) is 0 Å². The SMILES string of the molecule is NCC1(c2cc(F)c(F)c(F)c2)CCC1. The summed E-state index contributed by atoms with van der Waals surface area (Å²) in [5.41, 5.74) is 5.74. The highest BCUT2D eigenvalue weighted by molar-refractivity contribution is 5.30. The van der Waals surface area contributed by atoms with Crippen molar-refractivity contribution in [2.75, 3.05) is 6.54 Å². The van der Waals surface area contributed by atoms with Gasteiger partial charge in [0.2, 0.25) is 0 Å². The van der Waals surface area contributed by atoms with Crippen molar-refractivity contribution in [3.05, 3.63) is 35.1 Å². The third-order valence-electron chi connectivity index (χ3n) is 3.30. The van der Waals surface area contributed by atoms with Gasteiger partial charge >= 0.3 is 0 Å². The van der Waals surface area contributed by atoms with E-state index >= 15 is 0 Å². The van der Waals surface area contributed by atoms with E-state index in [1.165, 1.54) is 0 Å². The quantitative estimate of drug-likeness (QED) is 0.753. The fourth-order valence-electron chi connectivity index (χ4n) is 2.08. The van der Waals surface area contributed by atoms with Gasteiger partial charge in [-0.1, -0.05) is 6.42 Å². The highest BCUT2D eigenvalue weighted by Crippen LogP contribution is 2.43. The van der Waals surface area contributed by atoms with Crippen LogP contribution < -0.4 is 5.73 Å². The summed E-state index contributed by atoms with van der Waals surface area (Å²) in [6, 6.07) is 2.12. The summed E-state index contributed by atoms with van der Waals surface area (Å²) in [6.45, 7) is 0.345. The molecule has 0 bridgehead atoms. The Morgan fingerprint density at radius 1 is 1.13 bits per heavy atom. The zero-order valence-corrected chi connectivity index (χ0v) is 8.19. The molecule has 2 N–H and O–H groups in total. The molecule has 2 rings (SSSR count). The van der Waals surface area contributed by atoms with Gasteiger partial charge in [-0.25, -0.2) is 13.2 Å². The van der Waals surface area contributed by atoms with E-state index in [1.54, 1.807) is 0 Å². The average molecular weight is 215 g/mol. The minimum atomic E-state index is -1.41. The second-order valence-electron chi connectivity index (χ2n) is 4.09. The molecule has 0 unspecified atom stereocenters. The minimum Gasteiger partial charge on any atom is -0.330 e. The third kappa shape index (κ3) is 1.53. The van der Waals surface area contributed by atoms with Crippen LogP contribution in [0.15, 0.2) is 12.1 Å². The van der Waals surface area contributed by atoms with E-state index in [0.717, 1.165) is 31.4 Å². The van der Waals surface area contributed by atoms with Gasteiger partial charge in [0.25, 0.3) is 0 Å². The van der Waals surface area contributed by atoms with Crippen LogP contribution in [0.1, 0.15) is 24.8 Å². The van der Waals surface area contributed by atoms with Crippen molar-refractivity contribution < 1.29 is 13.2 Å². The molecule has 0 atom stereocenters. The van der Waals surface area contributed by atoms with Gasteiger partial charge in [-0.2, -0.15) is 0 Å². The topological polar surface area (TPSA) is 26.0 Å². The molecule has 0 spiro atoms. The van der Waals surface area contributed by atoms with Crippen molar-refractivity contribution in [1.29, 1.82) is 0 Å². The zero-order chi connectivity index (χ0) is 11.1. The number of hydrogen-bond acceptors (Lipinski definition) is 1. The lowest BCUT2D eigenvalue weighted by atomic mass is 9.64. The second-order valence-corrected chi connectivity index (χ2v) is 4.09. The molecule has 1 fully saturated rings. The van der Waals surface area contributed by atoms with E-state index < -0.39 is 17.5 Å². The van der Waals surface area contributed by atoms with Crippen molar-refractivity contribution >= 4 is 0 Å². The summed E-state index contributed by atoms with van der Waals surface area (Å²) in [5.74, 6) is -3.68. The fraction of sp³-hybridized carbons (Fsp3) is 0.455. The lowest BCUT2D eigenvalue weighted by Gasteiger charge is -2.41. The lowest BCUT2D eigenvalue weighted by Crippen LogP contribution is -2.41. The van der Waals surface area contributed by atoms with E-state index in [4.69, 9.17) is 5.73 Å². The highest BCUT2D eigenvalue weighted by atomic mass is 19.2. The molecule has 1 aromatic rings. The van der Waals surface area contributed by atoms with Crippen LogP contribution in [-0.4, -0.2) is 6.54 Å². The Morgan fingerprint density at radius 3 is 2.00 bits per heavy atom. The Hall–Kier alpha value is -1.03. The summed E-state index contributed by atoms with van der Waals surface area (Å²) < 4.78 is 38.8. The molecule has 0 aromatic heterocycles. The zero-order valence-electron chi connectivity index (χ0n) is 8.19. The molecular formula is C11H12F3N. The highest BCUT2D eigenvalue weighted by Gasteiger charge is 2.38. The van der Waals surface area contributed by atoms with Crippen LogP contribution in [0.25, 0.3) is 0 Å². The van der Waals surface area contributed by atoms with E-state index in [2.05, 4.69) is 0 Å². The average Bonchev–Trinajstić information content (AvgIpc) is 2.13. The van der Waals surface area contributed by atoms with Gasteiger partial charge in [0.15, 0.2) is 17.5 Å². The van der Waals surface area contributed by atoms with Crippen LogP contribution in [0.3, 0.4) is 0 Å². The van der Waals surface area contributed by atoms with E-state index in [9.17, 15) is 13.2 Å². The molecule has 1 aromatic carbocycles. The normalized spacial score (nSPS) is 18.7. The maximum atomic E-state index is 13.0. The Balaban J connectivity index is 2.45. The largest absolute Gasteiger partial charge is 0.330 e. The first-order chi connectivity index (χ1) is 7.09. The number of hydrogen-bond donors (Lipinski definition) is 1. The Kier molecular flexibility index (Phi) is 2.46. The summed E-state index contributed by atoms with van der Waals surface area (Å²) in [5, 5.41) is 0. The third-order valence-corrected chi connectivity index (χ3v) is 3.30. The Morgan fingerprint density at radius 2 is 1.67 bits per heavy atom. The summed E-state index contributed by atoms with van der Waals surface area (Å²) in [6.07, 6.45) is 2.62. The van der Waals surface area contributed by atoms with Gasteiger partial charge in [-0.05, 0) is 30.5 Å². The molecule has 0 heterocycles. The van der Waals surface area contributed by atoms with Crippen LogP contribution >= 0.6 is 0 Å². The molecule has 15 heavy (non-hydrogen) atoms. The predicted octanol–water partition coefficient (Wildman–Crippen LogP) is 2.48. The Bertz CT molecular complexity index is 357. The first-order valence-corrected chi connectivity index (χ1v) is 4.94. The first-order valence-electron chi connectivity index (χ1n) is 4.94. The summed E-state index contributed by atoms with van der Waals surface area (Å²) in [4.78, 5) is 0. The predicted molar refractivity (Wildman–Crippen MR) is 50.9 cm³/mol. The van der Waals surface area contributed by atoms with E-state index in [0.29, 0.717) is 12.1 Å². The molecule has 0 amide bonds. The van der Waals surface area contributed by atoms with Crippen LogP contribution in [0.5, 0.6) is 0 Å². The van der Waals surface area contributed by atoms with Crippen molar-refractivity contribution in [3.8, 4) is 0 Å². The molecule has 1 saturated carbocycles. The molecule has 4 heteroatoms. The first kappa shape index (κ1) is 10.5.